The van der Waals surface area contributed by atoms with Crippen molar-refractivity contribution in [3.8, 4) is 0 Å². The SMILES string of the molecule is CC[C@H](NC(=O)OC(C)(C)C)C(=O)N(C(=O)c1c(C)cccc1[N+](=O)[O-])c1ccccc1. The van der Waals surface area contributed by atoms with Crippen LogP contribution in [0.15, 0.2) is 48.5 Å². The third kappa shape index (κ3) is 5.90. The summed E-state index contributed by atoms with van der Waals surface area (Å²) in [5, 5.41) is 14.0. The van der Waals surface area contributed by atoms with Crippen molar-refractivity contribution in [3.05, 3.63) is 69.8 Å². The van der Waals surface area contributed by atoms with Gasteiger partial charge in [-0.1, -0.05) is 37.3 Å². The molecule has 0 aliphatic carbocycles. The maximum Gasteiger partial charge on any atom is 0.408 e. The van der Waals surface area contributed by atoms with E-state index in [0.717, 1.165) is 4.90 Å². The van der Waals surface area contributed by atoms with Crippen LogP contribution >= 0.6 is 0 Å². The summed E-state index contributed by atoms with van der Waals surface area (Å²) < 4.78 is 5.23. The third-order valence-corrected chi connectivity index (χ3v) is 4.50. The minimum Gasteiger partial charge on any atom is -0.444 e. The van der Waals surface area contributed by atoms with Gasteiger partial charge in [0, 0.05) is 6.07 Å². The van der Waals surface area contributed by atoms with Gasteiger partial charge in [0.25, 0.3) is 17.5 Å². The summed E-state index contributed by atoms with van der Waals surface area (Å²) >= 11 is 0. The first-order valence-corrected chi connectivity index (χ1v) is 10.1. The molecule has 0 bridgehead atoms. The predicted octanol–water partition coefficient (Wildman–Crippen LogP) is 4.38. The normalized spacial score (nSPS) is 11.9. The van der Waals surface area contributed by atoms with Crippen LogP contribution in [-0.4, -0.2) is 34.5 Å². The quantitative estimate of drug-likeness (QED) is 0.525. The molecule has 0 saturated carbocycles. The molecule has 0 unspecified atom stereocenters. The Hall–Kier alpha value is -3.75. The summed E-state index contributed by atoms with van der Waals surface area (Å²) in [6.07, 6.45) is -0.634. The molecule has 2 aromatic rings. The highest BCUT2D eigenvalue weighted by Crippen LogP contribution is 2.27. The fourth-order valence-electron chi connectivity index (χ4n) is 3.06. The molecule has 2 rings (SSSR count). The lowest BCUT2D eigenvalue weighted by molar-refractivity contribution is -0.385. The number of imide groups is 1. The first-order valence-electron chi connectivity index (χ1n) is 10.1. The van der Waals surface area contributed by atoms with Gasteiger partial charge in [0.2, 0.25) is 0 Å². The Bertz CT molecular complexity index is 1010. The average Bonchev–Trinajstić information content (AvgIpc) is 2.71. The lowest BCUT2D eigenvalue weighted by Gasteiger charge is -2.27. The molecule has 170 valence electrons. The Morgan fingerprint density at radius 2 is 1.72 bits per heavy atom. The number of amides is 3. The molecule has 1 atom stereocenters. The summed E-state index contributed by atoms with van der Waals surface area (Å²) in [7, 11) is 0. The van der Waals surface area contributed by atoms with Crippen LogP contribution in [0.4, 0.5) is 16.2 Å². The van der Waals surface area contributed by atoms with Gasteiger partial charge in [-0.2, -0.15) is 0 Å². The van der Waals surface area contributed by atoms with Gasteiger partial charge in [-0.3, -0.25) is 19.7 Å². The van der Waals surface area contributed by atoms with Crippen LogP contribution < -0.4 is 10.2 Å². The number of benzene rings is 2. The van der Waals surface area contributed by atoms with Gasteiger partial charge < -0.3 is 10.1 Å². The molecule has 0 saturated heterocycles. The van der Waals surface area contributed by atoms with E-state index < -0.39 is 40.2 Å². The summed E-state index contributed by atoms with van der Waals surface area (Å²) in [5.74, 6) is -1.58. The Kier molecular flexibility index (Phi) is 7.69. The van der Waals surface area contributed by atoms with Crippen molar-refractivity contribution < 1.29 is 24.0 Å². The van der Waals surface area contributed by atoms with Gasteiger partial charge in [0.15, 0.2) is 0 Å². The molecule has 0 aliphatic heterocycles. The summed E-state index contributed by atoms with van der Waals surface area (Å²) in [6, 6.07) is 11.2. The van der Waals surface area contributed by atoms with Gasteiger partial charge >= 0.3 is 6.09 Å². The second-order valence-corrected chi connectivity index (χ2v) is 8.15. The van der Waals surface area contributed by atoms with Crippen molar-refractivity contribution in [2.45, 2.75) is 52.7 Å². The highest BCUT2D eigenvalue weighted by Gasteiger charge is 2.35. The first-order chi connectivity index (χ1) is 15.0. The molecule has 0 radical (unpaired) electrons. The van der Waals surface area contributed by atoms with E-state index in [1.807, 2.05) is 0 Å². The number of alkyl carbamates (subject to hydrolysis) is 1. The number of nitro groups is 1. The van der Waals surface area contributed by atoms with E-state index in [2.05, 4.69) is 5.32 Å². The van der Waals surface area contributed by atoms with Gasteiger partial charge in [-0.25, -0.2) is 9.69 Å². The van der Waals surface area contributed by atoms with E-state index in [4.69, 9.17) is 4.74 Å². The molecule has 9 heteroatoms. The van der Waals surface area contributed by atoms with Crippen molar-refractivity contribution in [3.63, 3.8) is 0 Å². The fourth-order valence-corrected chi connectivity index (χ4v) is 3.06. The average molecular weight is 441 g/mol. The Balaban J connectivity index is 2.51. The van der Waals surface area contributed by atoms with Crippen molar-refractivity contribution in [2.75, 3.05) is 4.90 Å². The van der Waals surface area contributed by atoms with Crippen molar-refractivity contribution >= 4 is 29.3 Å². The maximum atomic E-state index is 13.5. The zero-order chi connectivity index (χ0) is 24.1. The van der Waals surface area contributed by atoms with E-state index in [1.165, 1.54) is 12.1 Å². The zero-order valence-corrected chi connectivity index (χ0v) is 18.7. The second kappa shape index (κ2) is 10.0. The van der Waals surface area contributed by atoms with Crippen molar-refractivity contribution in [1.29, 1.82) is 0 Å². The number of nitrogens with zero attached hydrogens (tertiary/aromatic N) is 2. The third-order valence-electron chi connectivity index (χ3n) is 4.50. The zero-order valence-electron chi connectivity index (χ0n) is 18.7. The van der Waals surface area contributed by atoms with E-state index in [-0.39, 0.29) is 17.7 Å². The Morgan fingerprint density at radius 1 is 1.09 bits per heavy atom. The van der Waals surface area contributed by atoms with E-state index in [0.29, 0.717) is 5.56 Å². The molecule has 0 heterocycles. The molecular weight excluding hydrogens is 414 g/mol. The monoisotopic (exact) mass is 441 g/mol. The number of carbonyl (C=O) groups excluding carboxylic acids is 3. The molecule has 0 spiro atoms. The molecule has 0 aromatic heterocycles. The van der Waals surface area contributed by atoms with Crippen LogP contribution in [0.1, 0.15) is 50.0 Å². The molecule has 1 N–H and O–H groups in total. The summed E-state index contributed by atoms with van der Waals surface area (Å²) in [5.41, 5.74) is -0.795. The fraction of sp³-hybridized carbons (Fsp3) is 0.348. The number of ether oxygens (including phenoxy) is 1. The van der Waals surface area contributed by atoms with Crippen LogP contribution in [0.5, 0.6) is 0 Å². The van der Waals surface area contributed by atoms with E-state index >= 15 is 0 Å². The summed E-state index contributed by atoms with van der Waals surface area (Å²) in [6.45, 7) is 8.29. The molecule has 0 aliphatic rings. The molecule has 32 heavy (non-hydrogen) atoms. The largest absolute Gasteiger partial charge is 0.444 e. The van der Waals surface area contributed by atoms with E-state index in [9.17, 15) is 24.5 Å². The minimum absolute atomic E-state index is 0.171. The highest BCUT2D eigenvalue weighted by atomic mass is 16.6. The number of hydrogen-bond donors (Lipinski definition) is 1. The number of para-hydroxylation sites is 1. The lowest BCUT2D eigenvalue weighted by Crippen LogP contribution is -2.51. The van der Waals surface area contributed by atoms with Crippen LogP contribution in [0.25, 0.3) is 0 Å². The van der Waals surface area contributed by atoms with Gasteiger partial charge in [0.1, 0.15) is 17.2 Å². The minimum atomic E-state index is -1.09. The molecule has 2 aromatic carbocycles. The number of anilines is 1. The number of hydrogen-bond acceptors (Lipinski definition) is 6. The van der Waals surface area contributed by atoms with Crippen molar-refractivity contribution in [1.82, 2.24) is 5.32 Å². The highest BCUT2D eigenvalue weighted by molar-refractivity contribution is 6.24. The Morgan fingerprint density at radius 3 is 2.25 bits per heavy atom. The maximum absolute atomic E-state index is 13.5. The number of nitro benzene ring substituents is 1. The number of aryl methyl sites for hydroxylation is 1. The van der Waals surface area contributed by atoms with Crippen LogP contribution in [0.3, 0.4) is 0 Å². The molecule has 9 nitrogen and oxygen atoms in total. The van der Waals surface area contributed by atoms with Gasteiger partial charge in [0.05, 0.1) is 10.6 Å². The predicted molar refractivity (Wildman–Crippen MR) is 120 cm³/mol. The second-order valence-electron chi connectivity index (χ2n) is 8.15. The van der Waals surface area contributed by atoms with E-state index in [1.54, 1.807) is 71.0 Å². The number of rotatable bonds is 6. The summed E-state index contributed by atoms with van der Waals surface area (Å²) in [4.78, 5) is 51.0. The Labute approximate surface area is 186 Å². The van der Waals surface area contributed by atoms with Gasteiger partial charge in [-0.05, 0) is 51.8 Å². The van der Waals surface area contributed by atoms with Gasteiger partial charge in [-0.15, -0.1) is 0 Å². The van der Waals surface area contributed by atoms with Crippen LogP contribution in [0, 0.1) is 17.0 Å². The molecule has 0 fully saturated rings. The standard InChI is InChI=1S/C23H27N3O6/c1-6-17(24-22(29)32-23(3,4)5)20(27)25(16-12-8-7-9-13-16)21(28)19-15(2)11-10-14-18(19)26(30)31/h7-14,17H,6H2,1-5H3,(H,24,29)/t17-/m0/s1. The smallest absolute Gasteiger partial charge is 0.408 e. The van der Waals surface area contributed by atoms with Crippen LogP contribution in [-0.2, 0) is 9.53 Å². The van der Waals surface area contributed by atoms with Crippen molar-refractivity contribution in [2.24, 2.45) is 0 Å². The first kappa shape index (κ1) is 24.5. The number of nitrogens with one attached hydrogen (secondary N) is 1. The van der Waals surface area contributed by atoms with Crippen LogP contribution in [0.2, 0.25) is 0 Å². The number of carbonyl (C=O) groups is 3. The molecular formula is C23H27N3O6. The topological polar surface area (TPSA) is 119 Å². The molecule has 3 amide bonds. The lowest BCUT2D eigenvalue weighted by atomic mass is 10.0.